The molecule has 1 amide bonds. The Labute approximate surface area is 92.2 Å². The lowest BCUT2D eigenvalue weighted by molar-refractivity contribution is -0.122. The zero-order chi connectivity index (χ0) is 11.3. The molecule has 2 atom stereocenters. The topological polar surface area (TPSA) is 58.4 Å². The van der Waals surface area contributed by atoms with Gasteiger partial charge >= 0.3 is 0 Å². The smallest absolute Gasteiger partial charge is 0.236 e. The lowest BCUT2D eigenvalue weighted by Crippen LogP contribution is -2.45. The Kier molecular flexibility index (Phi) is 5.05. The summed E-state index contributed by atoms with van der Waals surface area (Å²) >= 11 is 0. The van der Waals surface area contributed by atoms with Crippen molar-refractivity contribution < 1.29 is 4.79 Å². The van der Waals surface area contributed by atoms with E-state index in [1.165, 1.54) is 12.8 Å². The minimum absolute atomic E-state index is 0.00264. The van der Waals surface area contributed by atoms with Gasteiger partial charge in [-0.25, -0.2) is 0 Å². The summed E-state index contributed by atoms with van der Waals surface area (Å²) in [5.41, 5.74) is 5.72. The molecule has 0 aromatic heterocycles. The molecule has 1 fully saturated rings. The Morgan fingerprint density at radius 1 is 1.67 bits per heavy atom. The second-order valence-electron chi connectivity index (χ2n) is 4.42. The molecule has 15 heavy (non-hydrogen) atoms. The van der Waals surface area contributed by atoms with Gasteiger partial charge in [-0.15, -0.1) is 0 Å². The SMILES string of the molecule is CCCC(N)C(=O)NCC1CCCN1C. The second-order valence-corrected chi connectivity index (χ2v) is 4.42. The maximum Gasteiger partial charge on any atom is 0.236 e. The number of hydrogen-bond acceptors (Lipinski definition) is 3. The molecule has 0 bridgehead atoms. The van der Waals surface area contributed by atoms with Crippen molar-refractivity contribution in [1.29, 1.82) is 0 Å². The van der Waals surface area contributed by atoms with Crippen LogP contribution in [0.15, 0.2) is 0 Å². The average Bonchev–Trinajstić information content (AvgIpc) is 2.61. The first kappa shape index (κ1) is 12.5. The van der Waals surface area contributed by atoms with E-state index < -0.39 is 0 Å². The molecule has 1 heterocycles. The summed E-state index contributed by atoms with van der Waals surface area (Å²) in [7, 11) is 2.11. The summed E-state index contributed by atoms with van der Waals surface area (Å²) in [4.78, 5) is 13.8. The fraction of sp³-hybridized carbons (Fsp3) is 0.909. The van der Waals surface area contributed by atoms with E-state index in [1.54, 1.807) is 0 Å². The van der Waals surface area contributed by atoms with E-state index in [0.717, 1.165) is 25.9 Å². The third kappa shape index (κ3) is 3.80. The highest BCUT2D eigenvalue weighted by molar-refractivity contribution is 5.81. The van der Waals surface area contributed by atoms with Gasteiger partial charge in [-0.2, -0.15) is 0 Å². The molecule has 0 saturated carbocycles. The molecular formula is C11H23N3O. The molecule has 1 saturated heterocycles. The van der Waals surface area contributed by atoms with Gasteiger partial charge in [0.05, 0.1) is 6.04 Å². The molecule has 0 aromatic rings. The van der Waals surface area contributed by atoms with Crippen LogP contribution < -0.4 is 11.1 Å². The predicted molar refractivity (Wildman–Crippen MR) is 61.5 cm³/mol. The molecule has 1 aliphatic heterocycles. The van der Waals surface area contributed by atoms with Gasteiger partial charge in [0, 0.05) is 12.6 Å². The largest absolute Gasteiger partial charge is 0.353 e. The third-order valence-electron chi connectivity index (χ3n) is 3.12. The molecule has 1 aliphatic rings. The number of nitrogens with one attached hydrogen (secondary N) is 1. The summed E-state index contributed by atoms with van der Waals surface area (Å²) in [5.74, 6) is -0.00264. The van der Waals surface area contributed by atoms with Gasteiger partial charge in [-0.05, 0) is 32.9 Å². The number of hydrogen-bond donors (Lipinski definition) is 2. The highest BCUT2D eigenvalue weighted by Crippen LogP contribution is 2.13. The summed E-state index contributed by atoms with van der Waals surface area (Å²) in [5, 5.41) is 2.93. The number of likely N-dealkylation sites (tertiary alicyclic amines) is 1. The summed E-state index contributed by atoms with van der Waals surface area (Å²) in [6.45, 7) is 3.92. The number of likely N-dealkylation sites (N-methyl/N-ethyl adjacent to an activating group) is 1. The second kappa shape index (κ2) is 6.08. The quantitative estimate of drug-likeness (QED) is 0.691. The Morgan fingerprint density at radius 3 is 2.93 bits per heavy atom. The predicted octanol–water partition coefficient (Wildman–Crippen LogP) is 0.324. The van der Waals surface area contributed by atoms with Crippen molar-refractivity contribution in [1.82, 2.24) is 10.2 Å². The van der Waals surface area contributed by atoms with Crippen molar-refractivity contribution in [2.24, 2.45) is 5.73 Å². The van der Waals surface area contributed by atoms with E-state index in [9.17, 15) is 4.79 Å². The van der Waals surface area contributed by atoms with E-state index in [4.69, 9.17) is 5.73 Å². The fourth-order valence-corrected chi connectivity index (χ4v) is 2.03. The van der Waals surface area contributed by atoms with Crippen LogP contribution in [-0.2, 0) is 4.79 Å². The van der Waals surface area contributed by atoms with Gasteiger partial charge in [0.2, 0.25) is 5.91 Å². The molecule has 1 rings (SSSR count). The highest BCUT2D eigenvalue weighted by Gasteiger charge is 2.22. The van der Waals surface area contributed by atoms with E-state index >= 15 is 0 Å². The number of amides is 1. The van der Waals surface area contributed by atoms with E-state index in [0.29, 0.717) is 6.04 Å². The normalized spacial score (nSPS) is 24.1. The monoisotopic (exact) mass is 213 g/mol. The van der Waals surface area contributed by atoms with E-state index in [-0.39, 0.29) is 11.9 Å². The molecule has 0 aliphatic carbocycles. The molecular weight excluding hydrogens is 190 g/mol. The lowest BCUT2D eigenvalue weighted by Gasteiger charge is -2.20. The van der Waals surface area contributed by atoms with Crippen LogP contribution in [0.3, 0.4) is 0 Å². The highest BCUT2D eigenvalue weighted by atomic mass is 16.2. The molecule has 0 radical (unpaired) electrons. The van der Waals surface area contributed by atoms with Gasteiger partial charge in [-0.1, -0.05) is 13.3 Å². The number of rotatable bonds is 5. The maximum atomic E-state index is 11.5. The van der Waals surface area contributed by atoms with Gasteiger partial charge in [0.1, 0.15) is 0 Å². The van der Waals surface area contributed by atoms with Crippen molar-refractivity contribution in [2.45, 2.75) is 44.7 Å². The van der Waals surface area contributed by atoms with E-state index in [1.807, 2.05) is 6.92 Å². The fourth-order valence-electron chi connectivity index (χ4n) is 2.03. The summed E-state index contributed by atoms with van der Waals surface area (Å²) in [6, 6.07) is 0.171. The molecule has 3 N–H and O–H groups in total. The van der Waals surface area contributed by atoms with Crippen LogP contribution in [-0.4, -0.2) is 43.0 Å². The van der Waals surface area contributed by atoms with Crippen molar-refractivity contribution in [3.63, 3.8) is 0 Å². The lowest BCUT2D eigenvalue weighted by atomic mass is 10.1. The van der Waals surface area contributed by atoms with Crippen molar-refractivity contribution in [3.05, 3.63) is 0 Å². The van der Waals surface area contributed by atoms with Crippen LogP contribution in [0, 0.1) is 0 Å². The first-order chi connectivity index (χ1) is 7.15. The van der Waals surface area contributed by atoms with Crippen LogP contribution in [0.5, 0.6) is 0 Å². The maximum absolute atomic E-state index is 11.5. The van der Waals surface area contributed by atoms with Crippen molar-refractivity contribution in [2.75, 3.05) is 20.1 Å². The van der Waals surface area contributed by atoms with Crippen molar-refractivity contribution in [3.8, 4) is 0 Å². The molecule has 2 unspecified atom stereocenters. The summed E-state index contributed by atoms with van der Waals surface area (Å²) < 4.78 is 0. The molecule has 88 valence electrons. The Morgan fingerprint density at radius 2 is 2.40 bits per heavy atom. The number of nitrogens with zero attached hydrogens (tertiary/aromatic N) is 1. The standard InChI is InChI=1S/C11H23N3O/c1-3-5-10(12)11(15)13-8-9-6-4-7-14(9)2/h9-10H,3-8,12H2,1-2H3,(H,13,15). The number of nitrogens with two attached hydrogens (primary N) is 1. The minimum atomic E-state index is -0.332. The van der Waals surface area contributed by atoms with Crippen molar-refractivity contribution >= 4 is 5.91 Å². The molecule has 4 heteroatoms. The zero-order valence-electron chi connectivity index (χ0n) is 9.83. The van der Waals surface area contributed by atoms with Gasteiger partial charge in [0.15, 0.2) is 0 Å². The van der Waals surface area contributed by atoms with Crippen LogP contribution in [0.2, 0.25) is 0 Å². The van der Waals surface area contributed by atoms with Crippen LogP contribution in [0.1, 0.15) is 32.6 Å². The average molecular weight is 213 g/mol. The van der Waals surface area contributed by atoms with Crippen LogP contribution in [0.25, 0.3) is 0 Å². The zero-order valence-corrected chi connectivity index (χ0v) is 9.83. The van der Waals surface area contributed by atoms with Gasteiger partial charge < -0.3 is 16.0 Å². The van der Waals surface area contributed by atoms with E-state index in [2.05, 4.69) is 17.3 Å². The number of carbonyl (C=O) groups excluding carboxylic acids is 1. The first-order valence-electron chi connectivity index (χ1n) is 5.88. The Hall–Kier alpha value is -0.610. The van der Waals surface area contributed by atoms with Gasteiger partial charge in [0.25, 0.3) is 0 Å². The van der Waals surface area contributed by atoms with Gasteiger partial charge in [-0.3, -0.25) is 4.79 Å². The molecule has 0 spiro atoms. The summed E-state index contributed by atoms with van der Waals surface area (Å²) in [6.07, 6.45) is 4.14. The van der Waals surface area contributed by atoms with Crippen LogP contribution >= 0.6 is 0 Å². The minimum Gasteiger partial charge on any atom is -0.353 e. The van der Waals surface area contributed by atoms with Crippen LogP contribution in [0.4, 0.5) is 0 Å². The third-order valence-corrected chi connectivity index (χ3v) is 3.12. The molecule has 4 nitrogen and oxygen atoms in total. The first-order valence-corrected chi connectivity index (χ1v) is 5.88. The Balaban J connectivity index is 2.21. The molecule has 0 aromatic carbocycles. The Bertz CT molecular complexity index is 208. The number of carbonyl (C=O) groups is 1.